The molecule has 0 bridgehead atoms. The fourth-order valence-electron chi connectivity index (χ4n) is 9.26. The average molecular weight is 1110 g/mol. The van der Waals surface area contributed by atoms with Crippen LogP contribution >= 0.6 is 0 Å². The molecular weight excluding hydrogens is 985 g/mol. The third-order valence-corrected chi connectivity index (χ3v) is 14.2. The lowest BCUT2D eigenvalue weighted by atomic mass is 10.0. The number of ether oxygens (including phenoxy) is 3. The molecule has 0 N–H and O–H groups in total. The van der Waals surface area contributed by atoms with Gasteiger partial charge in [0.2, 0.25) is 0 Å². The Morgan fingerprint density at radius 1 is 0.263 bits per heavy atom. The highest BCUT2D eigenvalue weighted by Gasteiger charge is 2.19. The third-order valence-electron chi connectivity index (χ3n) is 14.2. The van der Waals surface area contributed by atoms with Gasteiger partial charge in [0.25, 0.3) is 0 Å². The van der Waals surface area contributed by atoms with Crippen LogP contribution in [0.3, 0.4) is 0 Å². The second-order valence-electron chi connectivity index (χ2n) is 22.0. The van der Waals surface area contributed by atoms with Gasteiger partial charge in [0.15, 0.2) is 6.10 Å². The van der Waals surface area contributed by atoms with E-state index in [1.165, 1.54) is 122 Å². The summed E-state index contributed by atoms with van der Waals surface area (Å²) < 4.78 is 17.0. The van der Waals surface area contributed by atoms with Crippen LogP contribution in [0.2, 0.25) is 0 Å². The Labute approximate surface area is 494 Å². The lowest BCUT2D eigenvalue weighted by molar-refractivity contribution is -0.167. The molecule has 1 unspecified atom stereocenters. The van der Waals surface area contributed by atoms with Crippen molar-refractivity contribution >= 4 is 17.9 Å². The summed E-state index contributed by atoms with van der Waals surface area (Å²) in [6.45, 7) is 6.42. The summed E-state index contributed by atoms with van der Waals surface area (Å²) in [6.07, 6.45) is 93.4. The van der Waals surface area contributed by atoms with Crippen LogP contribution in [0.4, 0.5) is 0 Å². The fourth-order valence-corrected chi connectivity index (χ4v) is 9.26. The second-order valence-corrected chi connectivity index (χ2v) is 22.0. The quantitative estimate of drug-likeness (QED) is 0.0261. The first-order valence-corrected chi connectivity index (χ1v) is 33.5. The number of esters is 3. The maximum atomic E-state index is 12.9. The Hall–Kier alpha value is -4.19. The van der Waals surface area contributed by atoms with Crippen LogP contribution in [0.5, 0.6) is 0 Å². The first-order chi connectivity index (χ1) is 39.5. The molecule has 0 aliphatic carbocycles. The molecule has 0 radical (unpaired) electrons. The van der Waals surface area contributed by atoms with Crippen LogP contribution in [0.1, 0.15) is 310 Å². The van der Waals surface area contributed by atoms with E-state index in [4.69, 9.17) is 14.2 Å². The minimum absolute atomic E-state index is 0.0895. The summed E-state index contributed by atoms with van der Waals surface area (Å²) in [7, 11) is 0. The summed E-state index contributed by atoms with van der Waals surface area (Å²) in [5.41, 5.74) is 0. The molecule has 0 aromatic heterocycles. The molecule has 0 amide bonds. The minimum atomic E-state index is -0.797. The van der Waals surface area contributed by atoms with Crippen molar-refractivity contribution < 1.29 is 28.6 Å². The standard InChI is InChI=1S/C74H124O6/c1-4-7-10-13-16-19-22-25-28-31-34-36-37-39-40-43-46-49-52-55-58-61-64-67-73(76)79-70-71(69-78-72(75)66-63-60-57-54-51-48-45-42-33-30-27-24-21-18-15-12-9-6-3)80-74(77)68-65-62-59-56-53-50-47-44-41-38-35-32-29-26-23-20-17-14-11-8-5-2/h7-8,10-11,16-17,19-20,25-26,28-29,34-36,38-40,44,47,71H,4-6,9,12-15,18,21-24,27,30-33,37,41-43,45-46,48-70H2,1-3H3/b10-7-,11-8-,19-16-,20-17-,28-25-,29-26-,36-34-,38-35-,40-39-,47-44-. The maximum absolute atomic E-state index is 12.9. The van der Waals surface area contributed by atoms with Gasteiger partial charge in [-0.2, -0.15) is 0 Å². The van der Waals surface area contributed by atoms with Crippen molar-refractivity contribution in [2.45, 2.75) is 316 Å². The highest BCUT2D eigenvalue weighted by molar-refractivity contribution is 5.71. The van der Waals surface area contributed by atoms with Crippen LogP contribution in [0.25, 0.3) is 0 Å². The summed E-state index contributed by atoms with van der Waals surface area (Å²) in [4.78, 5) is 38.4. The molecule has 0 aliphatic heterocycles. The summed E-state index contributed by atoms with van der Waals surface area (Å²) in [6, 6.07) is 0. The predicted molar refractivity (Wildman–Crippen MR) is 348 cm³/mol. The molecular formula is C74H124O6. The van der Waals surface area contributed by atoms with E-state index in [-0.39, 0.29) is 31.1 Å². The highest BCUT2D eigenvalue weighted by atomic mass is 16.6. The lowest BCUT2D eigenvalue weighted by Gasteiger charge is -2.18. The Morgan fingerprint density at radius 3 is 0.762 bits per heavy atom. The van der Waals surface area contributed by atoms with E-state index in [0.717, 1.165) is 148 Å². The third kappa shape index (κ3) is 64.6. The van der Waals surface area contributed by atoms with Crippen molar-refractivity contribution in [3.63, 3.8) is 0 Å². The first-order valence-electron chi connectivity index (χ1n) is 33.5. The summed E-state index contributed by atoms with van der Waals surface area (Å²) >= 11 is 0. The molecule has 0 saturated carbocycles. The van der Waals surface area contributed by atoms with E-state index >= 15 is 0 Å². The zero-order valence-corrected chi connectivity index (χ0v) is 52.3. The zero-order valence-electron chi connectivity index (χ0n) is 52.3. The molecule has 0 spiro atoms. The molecule has 0 heterocycles. The molecule has 6 heteroatoms. The Balaban J connectivity index is 4.45. The van der Waals surface area contributed by atoms with Crippen LogP contribution in [-0.4, -0.2) is 37.2 Å². The van der Waals surface area contributed by atoms with Gasteiger partial charge in [-0.3, -0.25) is 14.4 Å². The van der Waals surface area contributed by atoms with Gasteiger partial charge in [-0.25, -0.2) is 0 Å². The number of unbranched alkanes of at least 4 members (excludes halogenated alkanes) is 29. The number of hydrogen-bond donors (Lipinski definition) is 0. The molecule has 6 nitrogen and oxygen atoms in total. The van der Waals surface area contributed by atoms with Crippen LogP contribution < -0.4 is 0 Å². The molecule has 0 aromatic carbocycles. The smallest absolute Gasteiger partial charge is 0.306 e. The minimum Gasteiger partial charge on any atom is -0.462 e. The molecule has 0 rings (SSSR count). The number of carbonyl (C=O) groups excluding carboxylic acids is 3. The van der Waals surface area contributed by atoms with Crippen LogP contribution in [-0.2, 0) is 28.6 Å². The Bertz CT molecular complexity index is 1650. The molecule has 1 atom stereocenters. The second kappa shape index (κ2) is 67.3. The molecule has 0 fully saturated rings. The van der Waals surface area contributed by atoms with E-state index in [2.05, 4.69) is 142 Å². The topological polar surface area (TPSA) is 78.9 Å². The van der Waals surface area contributed by atoms with Gasteiger partial charge in [-0.05, 0) is 109 Å². The highest BCUT2D eigenvalue weighted by Crippen LogP contribution is 2.17. The SMILES string of the molecule is CC/C=C\C/C=C\C/C=C\C/C=C\C/C=C\CCCCCCCCCC(=O)OCC(COC(=O)CCCCCCCCCCCCCCCCCCCC)OC(=O)CCCCCCC/C=C\C/C=C\C/C=C\C/C=C\C/C=C\CC. The van der Waals surface area contributed by atoms with Gasteiger partial charge >= 0.3 is 17.9 Å². The van der Waals surface area contributed by atoms with Gasteiger partial charge in [-0.15, -0.1) is 0 Å². The monoisotopic (exact) mass is 1110 g/mol. The van der Waals surface area contributed by atoms with Gasteiger partial charge in [0.1, 0.15) is 13.2 Å². The number of hydrogen-bond acceptors (Lipinski definition) is 6. The van der Waals surface area contributed by atoms with Crippen molar-refractivity contribution in [1.29, 1.82) is 0 Å². The number of allylic oxidation sites excluding steroid dienone is 20. The van der Waals surface area contributed by atoms with Crippen molar-refractivity contribution in [3.8, 4) is 0 Å². The summed E-state index contributed by atoms with van der Waals surface area (Å²) in [5.74, 6) is -0.910. The van der Waals surface area contributed by atoms with Crippen molar-refractivity contribution in [3.05, 3.63) is 122 Å². The first kappa shape index (κ1) is 75.8. The maximum Gasteiger partial charge on any atom is 0.306 e. The van der Waals surface area contributed by atoms with E-state index in [1.807, 2.05) is 0 Å². The molecule has 0 aliphatic rings. The lowest BCUT2D eigenvalue weighted by Crippen LogP contribution is -2.30. The van der Waals surface area contributed by atoms with Crippen molar-refractivity contribution in [2.75, 3.05) is 13.2 Å². The van der Waals surface area contributed by atoms with Crippen molar-refractivity contribution in [2.24, 2.45) is 0 Å². The zero-order chi connectivity index (χ0) is 57.8. The molecule has 456 valence electrons. The van der Waals surface area contributed by atoms with Gasteiger partial charge in [-0.1, -0.05) is 303 Å². The molecule has 0 saturated heterocycles. The fraction of sp³-hybridized carbons (Fsp3) is 0.689. The van der Waals surface area contributed by atoms with E-state index in [1.54, 1.807) is 0 Å². The largest absolute Gasteiger partial charge is 0.462 e. The Kier molecular flexibility index (Phi) is 63.8. The number of rotatable bonds is 60. The predicted octanol–water partition coefficient (Wildman–Crippen LogP) is 23.2. The normalized spacial score (nSPS) is 12.9. The number of carbonyl (C=O) groups is 3. The van der Waals surface area contributed by atoms with Gasteiger partial charge in [0, 0.05) is 19.3 Å². The van der Waals surface area contributed by atoms with Crippen molar-refractivity contribution in [1.82, 2.24) is 0 Å². The Morgan fingerprint density at radius 2 is 0.487 bits per heavy atom. The summed E-state index contributed by atoms with van der Waals surface area (Å²) in [5, 5.41) is 0. The van der Waals surface area contributed by atoms with Crippen LogP contribution in [0, 0.1) is 0 Å². The average Bonchev–Trinajstić information content (AvgIpc) is 3.46. The van der Waals surface area contributed by atoms with Gasteiger partial charge in [0.05, 0.1) is 0 Å². The van der Waals surface area contributed by atoms with E-state index < -0.39 is 6.10 Å². The molecule has 80 heavy (non-hydrogen) atoms. The van der Waals surface area contributed by atoms with E-state index in [9.17, 15) is 14.4 Å². The molecule has 0 aromatic rings. The van der Waals surface area contributed by atoms with Crippen LogP contribution in [0.15, 0.2) is 122 Å². The van der Waals surface area contributed by atoms with E-state index in [0.29, 0.717) is 19.3 Å². The van der Waals surface area contributed by atoms with Gasteiger partial charge < -0.3 is 14.2 Å².